The Morgan fingerprint density at radius 3 is 2.94 bits per heavy atom. The van der Waals surface area contributed by atoms with Gasteiger partial charge in [0.25, 0.3) is 0 Å². The number of methoxy groups -OCH3 is 1. The molecule has 0 fully saturated rings. The van der Waals surface area contributed by atoms with Crippen molar-refractivity contribution in [2.45, 2.75) is 6.92 Å². The second kappa shape index (κ2) is 4.18. The third-order valence-electron chi connectivity index (χ3n) is 2.38. The maximum Gasteiger partial charge on any atom is 0.163 e. The zero-order chi connectivity index (χ0) is 11.5. The Morgan fingerprint density at radius 2 is 2.25 bits per heavy atom. The van der Waals surface area contributed by atoms with Crippen molar-refractivity contribution in [3.05, 3.63) is 36.0 Å². The Kier molecular flexibility index (Phi) is 2.72. The summed E-state index contributed by atoms with van der Waals surface area (Å²) in [6.07, 6.45) is 1.54. The minimum atomic E-state index is -0.00781. The number of nitrogens with one attached hydrogen (secondary N) is 1. The molecule has 2 aromatic rings. The van der Waals surface area contributed by atoms with E-state index < -0.39 is 0 Å². The largest absolute Gasteiger partial charge is 0.497 e. The SMILES string of the molecule is COc1cccc(-c2[nH]ncc2C(C)=O)c1. The monoisotopic (exact) mass is 216 g/mol. The molecule has 4 heteroatoms. The fourth-order valence-electron chi connectivity index (χ4n) is 1.55. The normalized spacial score (nSPS) is 10.1. The predicted octanol–water partition coefficient (Wildman–Crippen LogP) is 2.29. The number of rotatable bonds is 3. The first kappa shape index (κ1) is 10.4. The summed E-state index contributed by atoms with van der Waals surface area (Å²) in [6, 6.07) is 7.49. The minimum absolute atomic E-state index is 0.00781. The van der Waals surface area contributed by atoms with Crippen molar-refractivity contribution in [3.8, 4) is 17.0 Å². The van der Waals surface area contributed by atoms with Crippen LogP contribution in [0.1, 0.15) is 17.3 Å². The molecule has 2 rings (SSSR count). The Balaban J connectivity index is 2.50. The Labute approximate surface area is 93.3 Å². The van der Waals surface area contributed by atoms with E-state index in [0.29, 0.717) is 5.56 Å². The molecule has 1 N–H and O–H groups in total. The number of hydrogen-bond acceptors (Lipinski definition) is 3. The van der Waals surface area contributed by atoms with Gasteiger partial charge in [-0.25, -0.2) is 0 Å². The van der Waals surface area contributed by atoms with Crippen LogP contribution in [0.3, 0.4) is 0 Å². The molecule has 0 saturated carbocycles. The second-order valence-corrected chi connectivity index (χ2v) is 3.45. The molecule has 0 atom stereocenters. The lowest BCUT2D eigenvalue weighted by molar-refractivity contribution is 0.101. The fraction of sp³-hybridized carbons (Fsp3) is 0.167. The molecule has 82 valence electrons. The summed E-state index contributed by atoms with van der Waals surface area (Å²) in [5, 5.41) is 6.72. The van der Waals surface area contributed by atoms with Gasteiger partial charge in [-0.2, -0.15) is 5.10 Å². The molecule has 1 aromatic carbocycles. The lowest BCUT2D eigenvalue weighted by Gasteiger charge is -2.03. The van der Waals surface area contributed by atoms with E-state index >= 15 is 0 Å². The molecular formula is C12H12N2O2. The summed E-state index contributed by atoms with van der Waals surface area (Å²) >= 11 is 0. The number of hydrogen-bond donors (Lipinski definition) is 1. The van der Waals surface area contributed by atoms with E-state index in [1.807, 2.05) is 24.3 Å². The molecule has 1 aromatic heterocycles. The first-order valence-corrected chi connectivity index (χ1v) is 4.91. The minimum Gasteiger partial charge on any atom is -0.497 e. The number of H-pyrrole nitrogens is 1. The Hall–Kier alpha value is -2.10. The van der Waals surface area contributed by atoms with Crippen LogP contribution in [0.5, 0.6) is 5.75 Å². The van der Waals surface area contributed by atoms with Crippen LogP contribution in [-0.2, 0) is 0 Å². The van der Waals surface area contributed by atoms with Crippen LogP contribution in [0, 0.1) is 0 Å². The number of carbonyl (C=O) groups excluding carboxylic acids is 1. The van der Waals surface area contributed by atoms with E-state index in [-0.39, 0.29) is 5.78 Å². The van der Waals surface area contributed by atoms with E-state index in [0.717, 1.165) is 17.0 Å². The van der Waals surface area contributed by atoms with Gasteiger partial charge in [-0.05, 0) is 19.1 Å². The Bertz CT molecular complexity index is 517. The first-order chi connectivity index (χ1) is 7.72. The highest BCUT2D eigenvalue weighted by molar-refractivity contribution is 5.99. The van der Waals surface area contributed by atoms with Crippen LogP contribution in [0.4, 0.5) is 0 Å². The van der Waals surface area contributed by atoms with E-state index in [1.165, 1.54) is 13.1 Å². The lowest BCUT2D eigenvalue weighted by atomic mass is 10.1. The van der Waals surface area contributed by atoms with Gasteiger partial charge in [0.2, 0.25) is 0 Å². The van der Waals surface area contributed by atoms with Crippen LogP contribution in [-0.4, -0.2) is 23.1 Å². The summed E-state index contributed by atoms with van der Waals surface area (Å²) in [6.45, 7) is 1.52. The number of benzene rings is 1. The second-order valence-electron chi connectivity index (χ2n) is 3.45. The van der Waals surface area contributed by atoms with Crippen molar-refractivity contribution >= 4 is 5.78 Å². The smallest absolute Gasteiger partial charge is 0.163 e. The first-order valence-electron chi connectivity index (χ1n) is 4.91. The predicted molar refractivity (Wildman–Crippen MR) is 60.6 cm³/mol. The third kappa shape index (κ3) is 1.82. The summed E-state index contributed by atoms with van der Waals surface area (Å²) in [5.74, 6) is 0.744. The highest BCUT2D eigenvalue weighted by atomic mass is 16.5. The maximum absolute atomic E-state index is 11.4. The quantitative estimate of drug-likeness (QED) is 0.801. The number of Topliss-reactive ketones (excluding diaryl/α,β-unsaturated/α-hetero) is 1. The summed E-state index contributed by atoms with van der Waals surface area (Å²) in [4.78, 5) is 11.4. The van der Waals surface area contributed by atoms with Crippen molar-refractivity contribution in [2.24, 2.45) is 0 Å². The van der Waals surface area contributed by atoms with Gasteiger partial charge in [-0.1, -0.05) is 12.1 Å². The zero-order valence-corrected chi connectivity index (χ0v) is 9.15. The van der Waals surface area contributed by atoms with Gasteiger partial charge in [0.15, 0.2) is 5.78 Å². The van der Waals surface area contributed by atoms with E-state index in [2.05, 4.69) is 10.2 Å². The summed E-state index contributed by atoms with van der Waals surface area (Å²) < 4.78 is 5.13. The molecule has 4 nitrogen and oxygen atoms in total. The number of aromatic nitrogens is 2. The van der Waals surface area contributed by atoms with Crippen molar-refractivity contribution in [1.29, 1.82) is 0 Å². The van der Waals surface area contributed by atoms with Crippen LogP contribution in [0.2, 0.25) is 0 Å². The van der Waals surface area contributed by atoms with Gasteiger partial charge in [0.05, 0.1) is 24.6 Å². The van der Waals surface area contributed by atoms with Crippen LogP contribution in [0.25, 0.3) is 11.3 Å². The van der Waals surface area contributed by atoms with Crippen molar-refractivity contribution in [3.63, 3.8) is 0 Å². The van der Waals surface area contributed by atoms with Gasteiger partial charge in [0, 0.05) is 5.56 Å². The van der Waals surface area contributed by atoms with Crippen LogP contribution in [0.15, 0.2) is 30.5 Å². The van der Waals surface area contributed by atoms with Crippen LogP contribution >= 0.6 is 0 Å². The molecule has 0 radical (unpaired) electrons. The molecule has 16 heavy (non-hydrogen) atoms. The number of ether oxygens (including phenoxy) is 1. The van der Waals surface area contributed by atoms with E-state index in [4.69, 9.17) is 4.74 Å². The van der Waals surface area contributed by atoms with Gasteiger partial charge in [-0.15, -0.1) is 0 Å². The standard InChI is InChI=1S/C12H12N2O2/c1-8(15)11-7-13-14-12(11)9-4-3-5-10(6-9)16-2/h3-7H,1-2H3,(H,13,14). The van der Waals surface area contributed by atoms with Crippen molar-refractivity contribution < 1.29 is 9.53 Å². The summed E-state index contributed by atoms with van der Waals surface area (Å²) in [5.41, 5.74) is 2.21. The van der Waals surface area contributed by atoms with Crippen LogP contribution < -0.4 is 4.74 Å². The number of aromatic amines is 1. The molecular weight excluding hydrogens is 204 g/mol. The molecule has 0 amide bonds. The molecule has 0 aliphatic heterocycles. The fourth-order valence-corrected chi connectivity index (χ4v) is 1.55. The highest BCUT2D eigenvalue weighted by Gasteiger charge is 2.11. The zero-order valence-electron chi connectivity index (χ0n) is 9.15. The lowest BCUT2D eigenvalue weighted by Crippen LogP contribution is -1.93. The topological polar surface area (TPSA) is 55.0 Å². The number of carbonyl (C=O) groups is 1. The number of nitrogens with zero attached hydrogens (tertiary/aromatic N) is 1. The molecule has 1 heterocycles. The molecule has 0 aliphatic carbocycles. The van der Waals surface area contributed by atoms with E-state index in [9.17, 15) is 4.79 Å². The van der Waals surface area contributed by atoms with Gasteiger partial charge in [-0.3, -0.25) is 9.89 Å². The third-order valence-corrected chi connectivity index (χ3v) is 2.38. The number of ketones is 1. The van der Waals surface area contributed by atoms with Crippen molar-refractivity contribution in [1.82, 2.24) is 10.2 Å². The van der Waals surface area contributed by atoms with E-state index in [1.54, 1.807) is 7.11 Å². The molecule has 0 spiro atoms. The maximum atomic E-state index is 11.4. The summed E-state index contributed by atoms with van der Waals surface area (Å²) in [7, 11) is 1.61. The van der Waals surface area contributed by atoms with Gasteiger partial charge in [0.1, 0.15) is 5.75 Å². The Morgan fingerprint density at radius 1 is 1.44 bits per heavy atom. The molecule has 0 unspecified atom stereocenters. The molecule has 0 aliphatic rings. The molecule has 0 bridgehead atoms. The van der Waals surface area contributed by atoms with Gasteiger partial charge >= 0.3 is 0 Å². The highest BCUT2D eigenvalue weighted by Crippen LogP contribution is 2.24. The van der Waals surface area contributed by atoms with Crippen molar-refractivity contribution in [2.75, 3.05) is 7.11 Å². The average Bonchev–Trinajstić information content (AvgIpc) is 2.78. The van der Waals surface area contributed by atoms with Gasteiger partial charge < -0.3 is 4.74 Å². The molecule has 0 saturated heterocycles. The average molecular weight is 216 g/mol.